The minimum Gasteiger partial charge on any atom is -0.326 e. The quantitative estimate of drug-likeness (QED) is 0.819. The minimum absolute atomic E-state index is 0.0680. The summed E-state index contributed by atoms with van der Waals surface area (Å²) in [5.41, 5.74) is 6.70. The van der Waals surface area contributed by atoms with Gasteiger partial charge in [-0.05, 0) is 24.1 Å². The molecule has 1 heterocycles. The maximum atomic E-state index is 12.1. The molecule has 2 rings (SSSR count). The number of anilines is 1. The molecule has 19 heavy (non-hydrogen) atoms. The third-order valence-electron chi connectivity index (χ3n) is 3.05. The lowest BCUT2D eigenvalue weighted by molar-refractivity contribution is 0.587. The summed E-state index contributed by atoms with van der Waals surface area (Å²) in [7, 11) is -6.90. The first-order valence-electron chi connectivity index (χ1n) is 5.83. The van der Waals surface area contributed by atoms with Gasteiger partial charge in [0.25, 0.3) is 0 Å². The van der Waals surface area contributed by atoms with Gasteiger partial charge in [0.2, 0.25) is 10.0 Å². The number of hydrogen-bond donors (Lipinski definition) is 2. The molecule has 3 N–H and O–H groups in total. The summed E-state index contributed by atoms with van der Waals surface area (Å²) in [5.74, 6) is -0.375. The molecule has 1 aromatic carbocycles. The Morgan fingerprint density at radius 2 is 2.11 bits per heavy atom. The van der Waals surface area contributed by atoms with Gasteiger partial charge in [-0.25, -0.2) is 16.8 Å². The number of sulfone groups is 1. The van der Waals surface area contributed by atoms with Gasteiger partial charge in [0.05, 0.1) is 16.8 Å². The van der Waals surface area contributed by atoms with E-state index in [4.69, 9.17) is 5.73 Å². The summed E-state index contributed by atoms with van der Waals surface area (Å²) in [6.45, 7) is 0.313. The van der Waals surface area contributed by atoms with Crippen LogP contribution in [0.25, 0.3) is 0 Å². The second-order valence-corrected chi connectivity index (χ2v) is 8.77. The van der Waals surface area contributed by atoms with E-state index in [0.717, 1.165) is 5.56 Å². The molecule has 0 radical (unpaired) electrons. The molecule has 0 aliphatic carbocycles. The fourth-order valence-corrected chi connectivity index (χ4v) is 6.10. The van der Waals surface area contributed by atoms with Gasteiger partial charge in [0.15, 0.2) is 9.84 Å². The molecule has 1 fully saturated rings. The number of sulfonamides is 1. The maximum Gasteiger partial charge on any atom is 0.236 e. The highest BCUT2D eigenvalue weighted by Gasteiger charge is 2.37. The van der Waals surface area contributed by atoms with Crippen molar-refractivity contribution >= 4 is 25.5 Å². The van der Waals surface area contributed by atoms with Crippen LogP contribution in [-0.2, 0) is 26.4 Å². The number of benzene rings is 1. The minimum atomic E-state index is -3.68. The zero-order valence-corrected chi connectivity index (χ0v) is 11.9. The van der Waals surface area contributed by atoms with Crippen LogP contribution in [0.1, 0.15) is 12.0 Å². The Bertz CT molecular complexity index is 668. The van der Waals surface area contributed by atoms with Crippen LogP contribution < -0.4 is 10.5 Å². The molecule has 0 saturated carbocycles. The average molecular weight is 304 g/mol. The Labute approximate surface area is 113 Å². The first kappa shape index (κ1) is 14.3. The number of nitrogens with one attached hydrogen (secondary N) is 1. The molecule has 6 nitrogen and oxygen atoms in total. The number of nitrogens with two attached hydrogens (primary N) is 1. The van der Waals surface area contributed by atoms with Crippen molar-refractivity contribution in [2.45, 2.75) is 18.2 Å². The first-order valence-corrected chi connectivity index (χ1v) is 9.20. The largest absolute Gasteiger partial charge is 0.326 e. The molecule has 0 aromatic heterocycles. The molecular formula is C11H16N2O4S2. The van der Waals surface area contributed by atoms with Gasteiger partial charge in [-0.1, -0.05) is 12.1 Å². The molecule has 0 bridgehead atoms. The molecule has 1 aliphatic rings. The summed E-state index contributed by atoms with van der Waals surface area (Å²) in [5, 5.41) is -0.876. The Morgan fingerprint density at radius 3 is 2.68 bits per heavy atom. The van der Waals surface area contributed by atoms with Crippen LogP contribution in [0.2, 0.25) is 0 Å². The highest BCUT2D eigenvalue weighted by molar-refractivity contribution is 7.97. The monoisotopic (exact) mass is 304 g/mol. The average Bonchev–Trinajstić information content (AvgIpc) is 2.70. The summed E-state index contributed by atoms with van der Waals surface area (Å²) in [4.78, 5) is 0. The van der Waals surface area contributed by atoms with Crippen molar-refractivity contribution in [2.24, 2.45) is 5.73 Å². The van der Waals surface area contributed by atoms with Crippen LogP contribution in [0, 0.1) is 0 Å². The molecule has 8 heteroatoms. The van der Waals surface area contributed by atoms with Crippen molar-refractivity contribution in [3.8, 4) is 0 Å². The SMILES string of the molecule is NCc1cccc(NS(=O)(=O)C2CCS(=O)(=O)C2)c1. The topological polar surface area (TPSA) is 106 Å². The molecule has 1 aliphatic heterocycles. The van der Waals surface area contributed by atoms with Crippen LogP contribution in [0.4, 0.5) is 5.69 Å². The molecule has 0 spiro atoms. The maximum absolute atomic E-state index is 12.1. The van der Waals surface area contributed by atoms with Gasteiger partial charge in [-0.3, -0.25) is 4.72 Å². The predicted molar refractivity (Wildman–Crippen MR) is 73.9 cm³/mol. The van der Waals surface area contributed by atoms with Crippen LogP contribution in [0.5, 0.6) is 0 Å². The standard InChI is InChI=1S/C11H16N2O4S2/c12-7-9-2-1-3-10(6-9)13-19(16,17)11-4-5-18(14,15)8-11/h1-3,6,11,13H,4-5,7-8,12H2. The van der Waals surface area contributed by atoms with Crippen molar-refractivity contribution in [1.29, 1.82) is 0 Å². The van der Waals surface area contributed by atoms with Gasteiger partial charge in [-0.15, -0.1) is 0 Å². The molecule has 1 saturated heterocycles. The Kier molecular flexibility index (Phi) is 3.84. The van der Waals surface area contributed by atoms with Crippen LogP contribution in [0.3, 0.4) is 0 Å². The Morgan fingerprint density at radius 1 is 1.37 bits per heavy atom. The number of hydrogen-bond acceptors (Lipinski definition) is 5. The summed E-state index contributed by atoms with van der Waals surface area (Å²) < 4.78 is 49.3. The van der Waals surface area contributed by atoms with E-state index in [2.05, 4.69) is 4.72 Å². The lowest BCUT2D eigenvalue weighted by Crippen LogP contribution is -2.28. The Balaban J connectivity index is 2.17. The molecule has 1 unspecified atom stereocenters. The van der Waals surface area contributed by atoms with Crippen molar-refractivity contribution < 1.29 is 16.8 Å². The lowest BCUT2D eigenvalue weighted by Gasteiger charge is -2.13. The third kappa shape index (κ3) is 3.46. The van der Waals surface area contributed by atoms with E-state index in [0.29, 0.717) is 12.2 Å². The fourth-order valence-electron chi connectivity index (χ4n) is 2.02. The smallest absolute Gasteiger partial charge is 0.236 e. The van der Waals surface area contributed by atoms with Gasteiger partial charge in [0.1, 0.15) is 0 Å². The summed E-state index contributed by atoms with van der Waals surface area (Å²) in [6.07, 6.45) is 0.147. The highest BCUT2D eigenvalue weighted by Crippen LogP contribution is 2.21. The fraction of sp³-hybridized carbons (Fsp3) is 0.455. The van der Waals surface area contributed by atoms with E-state index in [-0.39, 0.29) is 17.9 Å². The molecule has 1 atom stereocenters. The third-order valence-corrected chi connectivity index (χ3v) is 6.83. The van der Waals surface area contributed by atoms with Gasteiger partial charge in [0, 0.05) is 12.2 Å². The van der Waals surface area contributed by atoms with Crippen LogP contribution in [0.15, 0.2) is 24.3 Å². The van der Waals surface area contributed by atoms with Crippen LogP contribution >= 0.6 is 0 Å². The van der Waals surface area contributed by atoms with Crippen molar-refractivity contribution in [1.82, 2.24) is 0 Å². The van der Waals surface area contributed by atoms with E-state index >= 15 is 0 Å². The zero-order valence-electron chi connectivity index (χ0n) is 10.2. The highest BCUT2D eigenvalue weighted by atomic mass is 32.2. The van der Waals surface area contributed by atoms with Crippen molar-refractivity contribution in [2.75, 3.05) is 16.2 Å². The molecular weight excluding hydrogens is 288 g/mol. The van der Waals surface area contributed by atoms with Gasteiger partial charge >= 0.3 is 0 Å². The summed E-state index contributed by atoms with van der Waals surface area (Å²) >= 11 is 0. The lowest BCUT2D eigenvalue weighted by atomic mass is 10.2. The second-order valence-electron chi connectivity index (χ2n) is 4.58. The Hall–Kier alpha value is -1.12. The van der Waals surface area contributed by atoms with Crippen molar-refractivity contribution in [3.05, 3.63) is 29.8 Å². The van der Waals surface area contributed by atoms with Crippen molar-refractivity contribution in [3.63, 3.8) is 0 Å². The summed E-state index contributed by atoms with van der Waals surface area (Å²) in [6, 6.07) is 6.74. The molecule has 0 amide bonds. The van der Waals surface area contributed by atoms with E-state index in [1.54, 1.807) is 24.3 Å². The first-order chi connectivity index (χ1) is 8.82. The van der Waals surface area contributed by atoms with E-state index < -0.39 is 25.1 Å². The predicted octanol–water partition coefficient (Wildman–Crippen LogP) is 0.0741. The van der Waals surface area contributed by atoms with Gasteiger partial charge < -0.3 is 5.73 Å². The number of rotatable bonds is 4. The van der Waals surface area contributed by atoms with Crippen LogP contribution in [-0.4, -0.2) is 33.6 Å². The zero-order chi connectivity index (χ0) is 14.1. The van der Waals surface area contributed by atoms with E-state index in [1.807, 2.05) is 0 Å². The normalized spacial score (nSPS) is 22.3. The van der Waals surface area contributed by atoms with E-state index in [1.165, 1.54) is 0 Å². The molecule has 1 aromatic rings. The van der Waals surface area contributed by atoms with E-state index in [9.17, 15) is 16.8 Å². The van der Waals surface area contributed by atoms with Gasteiger partial charge in [-0.2, -0.15) is 0 Å². The second kappa shape index (κ2) is 5.10. The molecule has 106 valence electrons.